The normalized spacial score (nSPS) is 12.1. The van der Waals surface area contributed by atoms with E-state index >= 15 is 0 Å². The van der Waals surface area contributed by atoms with Crippen LogP contribution in [0.2, 0.25) is 0 Å². The lowest BCUT2D eigenvalue weighted by Gasteiger charge is -2.23. The Morgan fingerprint density at radius 1 is 1.23 bits per heavy atom. The second-order valence-corrected chi connectivity index (χ2v) is 5.48. The fourth-order valence-electron chi connectivity index (χ4n) is 1.89. The van der Waals surface area contributed by atoms with E-state index in [9.17, 15) is 13.6 Å². The molecule has 1 heterocycles. The zero-order chi connectivity index (χ0) is 15.9. The van der Waals surface area contributed by atoms with Crippen molar-refractivity contribution in [2.75, 3.05) is 7.11 Å². The van der Waals surface area contributed by atoms with E-state index in [2.05, 4.69) is 9.72 Å². The molecule has 0 aliphatic carbocycles. The monoisotopic (exact) mass is 319 g/mol. The Kier molecular flexibility index (Phi) is 5.76. The van der Waals surface area contributed by atoms with E-state index in [4.69, 9.17) is 0 Å². The first-order valence-electron chi connectivity index (χ1n) is 6.51. The lowest BCUT2D eigenvalue weighted by atomic mass is 10.2. The summed E-state index contributed by atoms with van der Waals surface area (Å²) in [6.07, 6.45) is 1.37. The van der Waals surface area contributed by atoms with Gasteiger partial charge >= 0.3 is 5.97 Å². The lowest BCUT2D eigenvalue weighted by Crippen LogP contribution is -2.25. The van der Waals surface area contributed by atoms with Crippen LogP contribution in [-0.2, 0) is 29.1 Å². The topological polar surface area (TPSA) is 82.6 Å². The molecule has 0 amide bonds. The molecule has 1 atom stereocenters. The van der Waals surface area contributed by atoms with Gasteiger partial charge in [0.05, 0.1) is 24.9 Å². The van der Waals surface area contributed by atoms with Crippen molar-refractivity contribution in [3.05, 3.63) is 65.5 Å². The van der Waals surface area contributed by atoms with Crippen molar-refractivity contribution < 1.29 is 18.3 Å². The maximum atomic E-state index is 11.4. The van der Waals surface area contributed by atoms with E-state index < -0.39 is 17.2 Å². The van der Waals surface area contributed by atoms with Gasteiger partial charge in [-0.25, -0.2) is 9.10 Å². The van der Waals surface area contributed by atoms with Gasteiger partial charge < -0.3 is 9.29 Å². The molecule has 1 aromatic carbocycles. The minimum Gasteiger partial charge on any atom is -0.760 e. The third-order valence-corrected chi connectivity index (χ3v) is 3.68. The SMILES string of the molecule is COC(=O)c1ccc(CN(Cc2ccccc2)S(=O)[O-])nc1. The van der Waals surface area contributed by atoms with Crippen molar-refractivity contribution in [2.24, 2.45) is 0 Å². The van der Waals surface area contributed by atoms with E-state index in [-0.39, 0.29) is 13.1 Å². The Morgan fingerprint density at radius 2 is 1.95 bits per heavy atom. The maximum absolute atomic E-state index is 11.4. The van der Waals surface area contributed by atoms with Crippen molar-refractivity contribution in [2.45, 2.75) is 13.1 Å². The lowest BCUT2D eigenvalue weighted by molar-refractivity contribution is 0.0600. The van der Waals surface area contributed by atoms with Crippen molar-refractivity contribution in [1.82, 2.24) is 9.29 Å². The molecular formula is C15H15N2O4S-. The number of carbonyl (C=O) groups is 1. The van der Waals surface area contributed by atoms with E-state index in [0.717, 1.165) is 5.56 Å². The second kappa shape index (κ2) is 7.79. The summed E-state index contributed by atoms with van der Waals surface area (Å²) < 4.78 is 28.6. The second-order valence-electron chi connectivity index (χ2n) is 4.53. The highest BCUT2D eigenvalue weighted by atomic mass is 32.2. The standard InChI is InChI=1S/C15H16N2O4S/c1-21-15(18)13-7-8-14(16-9-13)11-17(22(19)20)10-12-5-3-2-4-6-12/h2-9H,10-11H2,1H3,(H,19,20)/p-1. The van der Waals surface area contributed by atoms with Crippen LogP contribution in [0.1, 0.15) is 21.6 Å². The number of rotatable bonds is 6. The summed E-state index contributed by atoms with van der Waals surface area (Å²) in [5.41, 5.74) is 1.76. The van der Waals surface area contributed by atoms with Gasteiger partial charge in [-0.1, -0.05) is 30.3 Å². The number of ether oxygens (including phenoxy) is 1. The van der Waals surface area contributed by atoms with Crippen molar-refractivity contribution in [1.29, 1.82) is 0 Å². The summed E-state index contributed by atoms with van der Waals surface area (Å²) in [6.45, 7) is 0.393. The largest absolute Gasteiger partial charge is 0.760 e. The molecule has 22 heavy (non-hydrogen) atoms. The molecule has 116 valence electrons. The number of esters is 1. The van der Waals surface area contributed by atoms with Crippen LogP contribution < -0.4 is 0 Å². The molecule has 1 aromatic heterocycles. The molecule has 0 N–H and O–H groups in total. The summed E-state index contributed by atoms with van der Waals surface area (Å²) >= 11 is -2.37. The Morgan fingerprint density at radius 3 is 2.50 bits per heavy atom. The van der Waals surface area contributed by atoms with Gasteiger partial charge in [0, 0.05) is 24.0 Å². The number of nitrogens with zero attached hydrogens (tertiary/aromatic N) is 2. The van der Waals surface area contributed by atoms with Crippen LogP contribution in [0, 0.1) is 0 Å². The highest BCUT2D eigenvalue weighted by molar-refractivity contribution is 7.76. The molecule has 0 spiro atoms. The molecule has 0 fully saturated rings. The van der Waals surface area contributed by atoms with Crippen LogP contribution >= 0.6 is 0 Å². The van der Waals surface area contributed by atoms with Gasteiger partial charge in [-0.2, -0.15) is 0 Å². The highest BCUT2D eigenvalue weighted by Crippen LogP contribution is 2.11. The first-order valence-corrected chi connectivity index (χ1v) is 7.55. The van der Waals surface area contributed by atoms with Crippen LogP contribution in [0.3, 0.4) is 0 Å². The Balaban J connectivity index is 2.08. The zero-order valence-electron chi connectivity index (χ0n) is 12.0. The fraction of sp³-hybridized carbons (Fsp3) is 0.200. The molecule has 0 aliphatic rings. The minimum absolute atomic E-state index is 0.131. The first kappa shape index (κ1) is 16.3. The maximum Gasteiger partial charge on any atom is 0.339 e. The van der Waals surface area contributed by atoms with E-state index in [0.29, 0.717) is 11.3 Å². The summed E-state index contributed by atoms with van der Waals surface area (Å²) in [7, 11) is 1.29. The van der Waals surface area contributed by atoms with Crippen molar-refractivity contribution >= 4 is 17.2 Å². The number of methoxy groups -OCH3 is 1. The fourth-order valence-corrected chi connectivity index (χ4v) is 2.38. The van der Waals surface area contributed by atoms with Gasteiger partial charge in [-0.15, -0.1) is 0 Å². The predicted octanol–water partition coefficient (Wildman–Crippen LogP) is 1.66. The highest BCUT2D eigenvalue weighted by Gasteiger charge is 2.10. The van der Waals surface area contributed by atoms with Gasteiger partial charge in [0.25, 0.3) is 0 Å². The molecule has 2 rings (SSSR count). The summed E-state index contributed by atoms with van der Waals surface area (Å²) in [5.74, 6) is -0.479. The molecule has 0 aliphatic heterocycles. The van der Waals surface area contributed by atoms with E-state index in [1.807, 2.05) is 30.3 Å². The minimum atomic E-state index is -2.37. The summed E-state index contributed by atoms with van der Waals surface area (Å²) in [6, 6.07) is 12.4. The van der Waals surface area contributed by atoms with Crippen molar-refractivity contribution in [3.63, 3.8) is 0 Å². The molecular weight excluding hydrogens is 304 g/mol. The zero-order valence-corrected chi connectivity index (χ0v) is 12.8. The molecule has 6 nitrogen and oxygen atoms in total. The average Bonchev–Trinajstić information content (AvgIpc) is 2.55. The number of hydrogen-bond acceptors (Lipinski definition) is 5. The molecule has 1 unspecified atom stereocenters. The summed E-state index contributed by atoms with van der Waals surface area (Å²) in [4.78, 5) is 15.4. The third-order valence-electron chi connectivity index (χ3n) is 3.00. The molecule has 0 saturated carbocycles. The Hall–Kier alpha value is -2.09. The van der Waals surface area contributed by atoms with E-state index in [1.54, 1.807) is 12.1 Å². The molecule has 0 saturated heterocycles. The third kappa shape index (κ3) is 4.45. The Bertz CT molecular complexity index is 646. The van der Waals surface area contributed by atoms with Crippen LogP contribution in [0.4, 0.5) is 0 Å². The van der Waals surface area contributed by atoms with Crippen LogP contribution in [0.5, 0.6) is 0 Å². The molecule has 7 heteroatoms. The molecule has 0 radical (unpaired) electrons. The van der Waals surface area contributed by atoms with Crippen LogP contribution in [-0.4, -0.2) is 31.1 Å². The van der Waals surface area contributed by atoms with Crippen molar-refractivity contribution in [3.8, 4) is 0 Å². The average molecular weight is 319 g/mol. The van der Waals surface area contributed by atoms with Crippen LogP contribution in [0.15, 0.2) is 48.7 Å². The number of hydrogen-bond donors (Lipinski definition) is 0. The predicted molar refractivity (Wildman–Crippen MR) is 80.2 cm³/mol. The number of carbonyl (C=O) groups excluding carboxylic acids is 1. The van der Waals surface area contributed by atoms with Crippen LogP contribution in [0.25, 0.3) is 0 Å². The van der Waals surface area contributed by atoms with Gasteiger partial charge in [0.15, 0.2) is 0 Å². The smallest absolute Gasteiger partial charge is 0.339 e. The number of benzene rings is 1. The first-order chi connectivity index (χ1) is 10.6. The number of aromatic nitrogens is 1. The molecule has 0 bridgehead atoms. The number of pyridine rings is 1. The van der Waals surface area contributed by atoms with Gasteiger partial charge in [-0.3, -0.25) is 9.19 Å². The Labute approximate surface area is 131 Å². The summed E-state index contributed by atoms with van der Waals surface area (Å²) in [5, 5.41) is 0. The van der Waals surface area contributed by atoms with Gasteiger partial charge in [-0.05, 0) is 17.7 Å². The van der Waals surface area contributed by atoms with Gasteiger partial charge in [0.2, 0.25) is 0 Å². The van der Waals surface area contributed by atoms with Gasteiger partial charge in [0.1, 0.15) is 0 Å². The molecule has 2 aromatic rings. The quantitative estimate of drug-likeness (QED) is 0.597. The van der Waals surface area contributed by atoms with E-state index in [1.165, 1.54) is 17.6 Å².